The average Bonchev–Trinajstić information content (AvgIpc) is 2.82. The molecule has 0 atom stereocenters. The van der Waals surface area contributed by atoms with Crippen LogP contribution in [-0.4, -0.2) is 15.0 Å². The summed E-state index contributed by atoms with van der Waals surface area (Å²) in [6.45, 7) is 0. The summed E-state index contributed by atoms with van der Waals surface area (Å²) in [6, 6.07) is 11.5. The van der Waals surface area contributed by atoms with Crippen molar-refractivity contribution in [3.05, 3.63) is 89.5 Å². The largest absolute Gasteiger partial charge is 0.416 e. The number of benzene rings is 3. The van der Waals surface area contributed by atoms with Gasteiger partial charge in [-0.3, -0.25) is 0 Å². The summed E-state index contributed by atoms with van der Waals surface area (Å²) in [4.78, 5) is 12.1. The molecule has 0 saturated heterocycles. The molecular weight excluding hydrogens is 501 g/mol. The van der Waals surface area contributed by atoms with Crippen molar-refractivity contribution in [2.24, 2.45) is 0 Å². The van der Waals surface area contributed by atoms with Crippen LogP contribution >= 0.6 is 0 Å². The van der Waals surface area contributed by atoms with Gasteiger partial charge in [0.25, 0.3) is 0 Å². The van der Waals surface area contributed by atoms with Gasteiger partial charge in [-0.2, -0.15) is 39.5 Å². The summed E-state index contributed by atoms with van der Waals surface area (Å²) in [5, 5.41) is 0. The molecule has 0 saturated carbocycles. The number of hydrogen-bond donors (Lipinski definition) is 0. The zero-order valence-electron chi connectivity index (χ0n) is 17.7. The monoisotopic (exact) mass is 513 g/mol. The predicted octanol–water partition coefficient (Wildman–Crippen LogP) is 7.93. The van der Waals surface area contributed by atoms with E-state index in [1.165, 1.54) is 18.2 Å². The van der Waals surface area contributed by atoms with Crippen LogP contribution in [0.15, 0.2) is 72.8 Å². The van der Waals surface area contributed by atoms with E-state index in [0.29, 0.717) is 0 Å². The Hall–Kier alpha value is -3.96. The zero-order valence-corrected chi connectivity index (χ0v) is 17.7. The molecule has 12 heteroatoms. The van der Waals surface area contributed by atoms with Crippen molar-refractivity contribution in [3.8, 4) is 34.2 Å². The molecule has 3 aromatic carbocycles. The maximum Gasteiger partial charge on any atom is 0.416 e. The lowest BCUT2D eigenvalue weighted by molar-refractivity contribution is -0.138. The van der Waals surface area contributed by atoms with Gasteiger partial charge in [0, 0.05) is 16.7 Å². The second kappa shape index (κ2) is 8.92. The van der Waals surface area contributed by atoms with Crippen molar-refractivity contribution in [1.82, 2.24) is 15.0 Å². The third-order valence-corrected chi connectivity index (χ3v) is 4.98. The van der Waals surface area contributed by atoms with Crippen LogP contribution in [0, 0.1) is 0 Å². The van der Waals surface area contributed by atoms with Gasteiger partial charge in [-0.25, -0.2) is 15.0 Å². The fourth-order valence-corrected chi connectivity index (χ4v) is 3.27. The molecule has 3 nitrogen and oxygen atoms in total. The first-order valence-corrected chi connectivity index (χ1v) is 10.0. The molecule has 0 N–H and O–H groups in total. The lowest BCUT2D eigenvalue weighted by Gasteiger charge is -2.12. The molecule has 0 fully saturated rings. The Morgan fingerprint density at radius 2 is 0.639 bits per heavy atom. The maximum absolute atomic E-state index is 13.2. The van der Waals surface area contributed by atoms with Gasteiger partial charge >= 0.3 is 18.5 Å². The van der Waals surface area contributed by atoms with E-state index in [4.69, 9.17) is 0 Å². The Balaban J connectivity index is 1.94. The first kappa shape index (κ1) is 25.1. The summed E-state index contributed by atoms with van der Waals surface area (Å²) in [7, 11) is 0. The van der Waals surface area contributed by atoms with Gasteiger partial charge in [0.15, 0.2) is 17.5 Å². The topological polar surface area (TPSA) is 38.7 Å². The molecule has 36 heavy (non-hydrogen) atoms. The number of alkyl halides is 9. The maximum atomic E-state index is 13.2. The lowest BCUT2D eigenvalue weighted by Crippen LogP contribution is -2.07. The molecule has 0 spiro atoms. The molecule has 4 rings (SSSR count). The van der Waals surface area contributed by atoms with Crippen molar-refractivity contribution in [2.45, 2.75) is 18.5 Å². The average molecular weight is 513 g/mol. The molecule has 1 heterocycles. The van der Waals surface area contributed by atoms with Crippen LogP contribution in [0.1, 0.15) is 16.7 Å². The Bertz CT molecular complexity index is 1220. The third kappa shape index (κ3) is 5.47. The SMILES string of the molecule is FC(F)(F)c1cccc(-c2nc(-c3cccc(C(F)(F)F)c3)nc(-c3cccc(C(F)(F)F)c3)n2)c1. The smallest absolute Gasteiger partial charge is 0.208 e. The van der Waals surface area contributed by atoms with Crippen molar-refractivity contribution < 1.29 is 39.5 Å². The summed E-state index contributed by atoms with van der Waals surface area (Å²) in [5.41, 5.74) is -3.60. The number of hydrogen-bond acceptors (Lipinski definition) is 3. The van der Waals surface area contributed by atoms with Crippen LogP contribution in [-0.2, 0) is 18.5 Å². The van der Waals surface area contributed by atoms with Crippen molar-refractivity contribution in [2.75, 3.05) is 0 Å². The quantitative estimate of drug-likeness (QED) is 0.261. The molecule has 4 aromatic rings. The minimum Gasteiger partial charge on any atom is -0.208 e. The van der Waals surface area contributed by atoms with Crippen molar-refractivity contribution in [1.29, 1.82) is 0 Å². The fourth-order valence-electron chi connectivity index (χ4n) is 3.27. The molecule has 0 unspecified atom stereocenters. The minimum absolute atomic E-state index is 0.159. The van der Waals surface area contributed by atoms with E-state index in [0.717, 1.165) is 54.6 Å². The Morgan fingerprint density at radius 3 is 0.861 bits per heavy atom. The van der Waals surface area contributed by atoms with Crippen molar-refractivity contribution >= 4 is 0 Å². The summed E-state index contributed by atoms with van der Waals surface area (Å²) in [5.74, 6) is -1.09. The van der Waals surface area contributed by atoms with E-state index >= 15 is 0 Å². The van der Waals surface area contributed by atoms with Gasteiger partial charge in [0.05, 0.1) is 16.7 Å². The molecule has 0 aliphatic heterocycles. The molecule has 0 amide bonds. The molecule has 0 aliphatic carbocycles. The highest BCUT2D eigenvalue weighted by Crippen LogP contribution is 2.35. The second-order valence-electron chi connectivity index (χ2n) is 7.54. The molecule has 0 bridgehead atoms. The standard InChI is InChI=1S/C24H12F9N3/c25-22(26,27)16-7-1-4-13(10-16)19-34-20(14-5-2-8-17(11-14)23(28,29)30)36-21(35-19)15-6-3-9-18(12-15)24(31,32)33/h1-12H. The van der Waals surface area contributed by atoms with E-state index in [1.807, 2.05) is 0 Å². The van der Waals surface area contributed by atoms with Gasteiger partial charge in [0.2, 0.25) is 0 Å². The van der Waals surface area contributed by atoms with Crippen LogP contribution in [0.3, 0.4) is 0 Å². The number of rotatable bonds is 3. The molecule has 0 radical (unpaired) electrons. The van der Waals surface area contributed by atoms with Crippen LogP contribution in [0.4, 0.5) is 39.5 Å². The number of nitrogens with zero attached hydrogens (tertiary/aromatic N) is 3. The first-order valence-electron chi connectivity index (χ1n) is 10.0. The Labute approximate surface area is 197 Å². The lowest BCUT2D eigenvalue weighted by atomic mass is 10.1. The van der Waals surface area contributed by atoms with Crippen LogP contribution < -0.4 is 0 Å². The van der Waals surface area contributed by atoms with Gasteiger partial charge < -0.3 is 0 Å². The van der Waals surface area contributed by atoms with Crippen LogP contribution in [0.2, 0.25) is 0 Å². The normalized spacial score (nSPS) is 12.6. The third-order valence-electron chi connectivity index (χ3n) is 4.98. The van der Waals surface area contributed by atoms with E-state index < -0.39 is 35.2 Å². The summed E-state index contributed by atoms with van der Waals surface area (Å²) >= 11 is 0. The number of aromatic nitrogens is 3. The Morgan fingerprint density at radius 1 is 0.389 bits per heavy atom. The predicted molar refractivity (Wildman–Crippen MR) is 111 cm³/mol. The van der Waals surface area contributed by atoms with Crippen LogP contribution in [0.5, 0.6) is 0 Å². The molecule has 1 aromatic heterocycles. The molecular formula is C24H12F9N3. The van der Waals surface area contributed by atoms with Gasteiger partial charge in [-0.15, -0.1) is 0 Å². The van der Waals surface area contributed by atoms with Gasteiger partial charge in [-0.05, 0) is 36.4 Å². The van der Waals surface area contributed by atoms with E-state index in [1.54, 1.807) is 0 Å². The van der Waals surface area contributed by atoms with E-state index in [2.05, 4.69) is 15.0 Å². The van der Waals surface area contributed by atoms with E-state index in [9.17, 15) is 39.5 Å². The minimum atomic E-state index is -4.71. The highest BCUT2D eigenvalue weighted by Gasteiger charge is 2.33. The highest BCUT2D eigenvalue weighted by molar-refractivity contribution is 5.67. The van der Waals surface area contributed by atoms with Gasteiger partial charge in [0.1, 0.15) is 0 Å². The molecule has 186 valence electrons. The Kier molecular flexibility index (Phi) is 6.23. The zero-order chi connectivity index (χ0) is 26.3. The summed E-state index contributed by atoms with van der Waals surface area (Å²) < 4.78 is 119. The first-order chi connectivity index (χ1) is 16.7. The highest BCUT2D eigenvalue weighted by atomic mass is 19.4. The fraction of sp³-hybridized carbons (Fsp3) is 0.125. The second-order valence-corrected chi connectivity index (χ2v) is 7.54. The molecule has 0 aliphatic rings. The van der Waals surface area contributed by atoms with Gasteiger partial charge in [-0.1, -0.05) is 36.4 Å². The van der Waals surface area contributed by atoms with Crippen LogP contribution in [0.25, 0.3) is 34.2 Å². The number of halogens is 9. The summed E-state index contributed by atoms with van der Waals surface area (Å²) in [6.07, 6.45) is -14.1. The van der Waals surface area contributed by atoms with E-state index in [-0.39, 0.29) is 34.2 Å². The van der Waals surface area contributed by atoms with Crippen molar-refractivity contribution in [3.63, 3.8) is 0 Å².